The molecule has 10 nitrogen and oxygen atoms in total. The van der Waals surface area contributed by atoms with Crippen LogP contribution < -0.4 is 29.3 Å². The van der Waals surface area contributed by atoms with Crippen molar-refractivity contribution in [3.63, 3.8) is 0 Å². The van der Waals surface area contributed by atoms with E-state index in [1.54, 1.807) is 74.5 Å². The highest BCUT2D eigenvalue weighted by molar-refractivity contribution is 8.00. The summed E-state index contributed by atoms with van der Waals surface area (Å²) in [6, 6.07) is 21.7. The van der Waals surface area contributed by atoms with Gasteiger partial charge in [-0.15, -0.1) is 11.8 Å². The largest absolute Gasteiger partial charge is 0.497 e. The van der Waals surface area contributed by atoms with Crippen molar-refractivity contribution in [2.75, 3.05) is 31.0 Å². The van der Waals surface area contributed by atoms with Crippen molar-refractivity contribution < 1.29 is 28.6 Å². The van der Waals surface area contributed by atoms with Crippen molar-refractivity contribution in [1.82, 2.24) is 4.98 Å². The number of hydrogen-bond acceptors (Lipinski definition) is 9. The Kier molecular flexibility index (Phi) is 7.36. The number of carbonyl (C=O) groups excluding carboxylic acids is 3. The van der Waals surface area contributed by atoms with Crippen molar-refractivity contribution >= 4 is 52.2 Å². The van der Waals surface area contributed by atoms with E-state index in [0.29, 0.717) is 28.6 Å². The Morgan fingerprint density at radius 1 is 0.851 bits per heavy atom. The first-order valence-corrected chi connectivity index (χ1v) is 17.1. The predicted molar refractivity (Wildman–Crippen MR) is 178 cm³/mol. The third kappa shape index (κ3) is 4.92. The maximum absolute atomic E-state index is 14.0. The number of hydrogen-bond donors (Lipinski definition) is 2. The van der Waals surface area contributed by atoms with Crippen molar-refractivity contribution in [3.05, 3.63) is 92.9 Å². The van der Waals surface area contributed by atoms with Crippen molar-refractivity contribution in [2.24, 2.45) is 29.6 Å². The highest BCUT2D eigenvalue weighted by atomic mass is 32.2. The summed E-state index contributed by atoms with van der Waals surface area (Å²) in [6.45, 7) is -0.159. The second-order valence-corrected chi connectivity index (χ2v) is 14.5. The molecule has 1 aromatic heterocycles. The van der Waals surface area contributed by atoms with Gasteiger partial charge in [-0.3, -0.25) is 24.1 Å². The Balaban J connectivity index is 1.03. The lowest BCUT2D eigenvalue weighted by Crippen LogP contribution is -2.42. The number of benzene rings is 3. The van der Waals surface area contributed by atoms with Crippen LogP contribution in [0.4, 0.5) is 11.4 Å². The Hall–Kier alpha value is -4.55. The van der Waals surface area contributed by atoms with Gasteiger partial charge in [-0.2, -0.15) is 0 Å². The summed E-state index contributed by atoms with van der Waals surface area (Å²) in [5.41, 5.74) is 2.22. The average Bonchev–Trinajstić information content (AvgIpc) is 3.83. The molecule has 4 unspecified atom stereocenters. The Morgan fingerprint density at radius 3 is 2.13 bits per heavy atom. The van der Waals surface area contributed by atoms with Crippen LogP contribution in [0.1, 0.15) is 22.8 Å². The van der Waals surface area contributed by atoms with Gasteiger partial charge in [0.1, 0.15) is 17.2 Å². The van der Waals surface area contributed by atoms with Gasteiger partial charge in [0.25, 0.3) is 5.91 Å². The summed E-state index contributed by atoms with van der Waals surface area (Å²) in [4.78, 5) is 58.2. The molecule has 2 bridgehead atoms. The number of thiazole rings is 1. The molecule has 3 heterocycles. The fourth-order valence-corrected chi connectivity index (χ4v) is 11.1. The number of methoxy groups -OCH3 is 2. The van der Waals surface area contributed by atoms with Crippen molar-refractivity contribution in [1.29, 1.82) is 0 Å². The first-order valence-electron chi connectivity index (χ1n) is 15.4. The molecule has 0 spiro atoms. The number of anilines is 2. The Labute approximate surface area is 278 Å². The zero-order valence-corrected chi connectivity index (χ0v) is 27.1. The first kappa shape index (κ1) is 29.8. The molecular weight excluding hydrogens is 639 g/mol. The molecule has 2 aliphatic carbocycles. The van der Waals surface area contributed by atoms with Crippen molar-refractivity contribution in [2.45, 2.75) is 22.6 Å². The monoisotopic (exact) mass is 669 g/mol. The average molecular weight is 670 g/mol. The molecule has 2 aliphatic heterocycles. The highest BCUT2D eigenvalue weighted by Gasteiger charge is 2.69. The molecule has 3 fully saturated rings. The van der Waals surface area contributed by atoms with Crippen LogP contribution in [0.2, 0.25) is 0 Å². The van der Waals surface area contributed by atoms with Crippen LogP contribution in [0.5, 0.6) is 17.2 Å². The zero-order valence-electron chi connectivity index (χ0n) is 25.5. The van der Waals surface area contributed by atoms with Crippen LogP contribution in [-0.2, 0) is 14.4 Å². The fraction of sp³-hybridized carbons (Fsp3) is 0.314. The summed E-state index contributed by atoms with van der Waals surface area (Å²) in [5.74, 6) is 0.615. The molecule has 1 saturated heterocycles. The molecule has 4 aliphatic rings. The van der Waals surface area contributed by atoms with Crippen LogP contribution >= 0.6 is 23.1 Å². The van der Waals surface area contributed by atoms with Gasteiger partial charge in [0.15, 0.2) is 6.61 Å². The van der Waals surface area contributed by atoms with E-state index in [9.17, 15) is 19.2 Å². The standard InChI is InChI=1S/C35H31N3O7S2/c1-43-20-11-5-18(6-12-20)36-25(39)16-45-22-9-3-17(4-10-22)26-27-23-15-24(30(27)46-32-31(26)47-35(42)37-32)29-28(23)33(40)38(34(29)41)19-7-13-21(44-2)14-8-19/h3-14,23-24,26-30H,15-16H2,1-2H3,(H,36,39)(H,37,42)/t23-,24-,26-,27?,28?,29?,30?/m1/s1. The predicted octanol–water partition coefficient (Wildman–Crippen LogP) is 5.15. The number of ether oxygens (including phenoxy) is 3. The SMILES string of the molecule is COc1ccc(NC(=O)COc2ccc([C@H]3c4sc(=O)[nH]c4SC4C3[C@H]3C[C@@H]4C4C(=O)N(c5ccc(OC)cc5)C(=O)C43)cc2)cc1. The summed E-state index contributed by atoms with van der Waals surface area (Å²) in [7, 11) is 3.16. The molecule has 2 N–H and O–H groups in total. The summed E-state index contributed by atoms with van der Waals surface area (Å²) in [6.07, 6.45) is 0.811. The lowest BCUT2D eigenvalue weighted by Gasteiger charge is -2.43. The topological polar surface area (TPSA) is 127 Å². The van der Waals surface area contributed by atoms with E-state index < -0.39 is 0 Å². The molecule has 7 atom stereocenters. The summed E-state index contributed by atoms with van der Waals surface area (Å²) < 4.78 is 16.2. The second-order valence-electron chi connectivity index (χ2n) is 12.3. The van der Waals surface area contributed by atoms with Crippen LogP contribution in [-0.4, -0.2) is 48.8 Å². The minimum Gasteiger partial charge on any atom is -0.497 e. The molecule has 8 rings (SSSR count). The maximum Gasteiger partial charge on any atom is 0.305 e. The minimum atomic E-state index is -0.386. The van der Waals surface area contributed by atoms with Gasteiger partial charge in [-0.1, -0.05) is 23.5 Å². The van der Waals surface area contributed by atoms with E-state index in [1.807, 2.05) is 24.3 Å². The smallest absolute Gasteiger partial charge is 0.305 e. The van der Waals surface area contributed by atoms with Gasteiger partial charge in [-0.05, 0) is 90.4 Å². The van der Waals surface area contributed by atoms with Gasteiger partial charge in [0, 0.05) is 21.7 Å². The van der Waals surface area contributed by atoms with Crippen LogP contribution in [0.25, 0.3) is 0 Å². The van der Waals surface area contributed by atoms with E-state index >= 15 is 0 Å². The number of carbonyl (C=O) groups is 3. The molecule has 0 radical (unpaired) electrons. The lowest BCUT2D eigenvalue weighted by molar-refractivity contribution is -0.123. The molecule has 47 heavy (non-hydrogen) atoms. The van der Waals surface area contributed by atoms with E-state index in [-0.39, 0.29) is 70.0 Å². The van der Waals surface area contributed by atoms with E-state index in [0.717, 1.165) is 21.9 Å². The number of amides is 3. The maximum atomic E-state index is 14.0. The molecule has 4 aromatic rings. The first-order chi connectivity index (χ1) is 22.8. The van der Waals surface area contributed by atoms with Gasteiger partial charge >= 0.3 is 4.87 Å². The third-order valence-corrected chi connectivity index (χ3v) is 12.6. The number of nitrogens with zero attached hydrogens (tertiary/aromatic N) is 1. The van der Waals surface area contributed by atoms with Gasteiger partial charge < -0.3 is 24.5 Å². The molecule has 12 heteroatoms. The normalized spacial score (nSPS) is 26.9. The number of aromatic amines is 1. The Morgan fingerprint density at radius 2 is 1.47 bits per heavy atom. The quantitative estimate of drug-likeness (QED) is 0.247. The molecule has 3 aromatic carbocycles. The molecular formula is C35H31N3O7S2. The molecule has 2 saturated carbocycles. The number of rotatable bonds is 8. The molecule has 240 valence electrons. The van der Waals surface area contributed by atoms with E-state index in [2.05, 4.69) is 10.3 Å². The summed E-state index contributed by atoms with van der Waals surface area (Å²) >= 11 is 2.88. The molecule has 3 amide bonds. The number of fused-ring (bicyclic) bond motifs is 9. The van der Waals surface area contributed by atoms with Crippen LogP contribution in [0.15, 0.2) is 82.6 Å². The lowest BCUT2D eigenvalue weighted by atomic mass is 9.68. The van der Waals surface area contributed by atoms with Gasteiger partial charge in [0.2, 0.25) is 11.8 Å². The number of imide groups is 1. The number of nitrogens with one attached hydrogen (secondary N) is 2. The number of aromatic nitrogens is 1. The van der Waals surface area contributed by atoms with E-state index in [1.165, 1.54) is 16.2 Å². The summed E-state index contributed by atoms with van der Waals surface area (Å²) in [5, 5.41) is 3.76. The van der Waals surface area contributed by atoms with Gasteiger partial charge in [-0.25, -0.2) is 0 Å². The van der Waals surface area contributed by atoms with E-state index in [4.69, 9.17) is 14.2 Å². The highest BCUT2D eigenvalue weighted by Crippen LogP contribution is 2.68. The zero-order chi connectivity index (χ0) is 32.4. The van der Waals surface area contributed by atoms with Crippen LogP contribution in [0, 0.1) is 29.6 Å². The second kappa shape index (κ2) is 11.6. The van der Waals surface area contributed by atoms with Crippen molar-refractivity contribution in [3.8, 4) is 17.2 Å². The van der Waals surface area contributed by atoms with Gasteiger partial charge in [0.05, 0.1) is 36.8 Å². The number of H-pyrrole nitrogens is 1. The van der Waals surface area contributed by atoms with Crippen LogP contribution in [0.3, 0.4) is 0 Å². The third-order valence-electron chi connectivity index (χ3n) is 10.0. The fourth-order valence-electron chi connectivity index (χ4n) is 8.17. The Bertz CT molecular complexity index is 1920. The minimum absolute atomic E-state index is 0.00938. The number of thioether (sulfide) groups is 1.